The number of alkyl halides is 3. The molecule has 0 heterocycles. The highest BCUT2D eigenvalue weighted by molar-refractivity contribution is 5.53. The van der Waals surface area contributed by atoms with Gasteiger partial charge in [0.2, 0.25) is 0 Å². The van der Waals surface area contributed by atoms with Gasteiger partial charge in [-0.2, -0.15) is 18.4 Å². The summed E-state index contributed by atoms with van der Waals surface area (Å²) >= 11 is 0. The fourth-order valence-electron chi connectivity index (χ4n) is 2.37. The first-order chi connectivity index (χ1) is 9.95. The molecule has 0 atom stereocenters. The van der Waals surface area contributed by atoms with Crippen molar-refractivity contribution in [2.75, 3.05) is 25.0 Å². The third-order valence-corrected chi connectivity index (χ3v) is 3.64. The van der Waals surface area contributed by atoms with E-state index in [2.05, 4.69) is 17.1 Å². The summed E-state index contributed by atoms with van der Waals surface area (Å²) in [5.74, 6) is 0. The van der Waals surface area contributed by atoms with Gasteiger partial charge in [-0.15, -0.1) is 0 Å². The van der Waals surface area contributed by atoms with Crippen LogP contribution in [-0.4, -0.2) is 30.6 Å². The summed E-state index contributed by atoms with van der Waals surface area (Å²) in [6.45, 7) is 4.44. The molecule has 0 aliphatic heterocycles. The van der Waals surface area contributed by atoms with Crippen molar-refractivity contribution in [1.29, 1.82) is 5.26 Å². The predicted molar refractivity (Wildman–Crippen MR) is 74.9 cm³/mol. The smallest absolute Gasteiger partial charge is 0.384 e. The summed E-state index contributed by atoms with van der Waals surface area (Å²) in [5, 5.41) is 11.7. The minimum absolute atomic E-state index is 0.346. The average Bonchev–Trinajstić information content (AvgIpc) is 3.27. The second-order valence-corrected chi connectivity index (χ2v) is 5.16. The van der Waals surface area contributed by atoms with Crippen LogP contribution in [0.25, 0.3) is 0 Å². The largest absolute Gasteiger partial charge is 0.417 e. The lowest BCUT2D eigenvalue weighted by molar-refractivity contribution is -0.137. The molecule has 6 heteroatoms. The van der Waals surface area contributed by atoms with E-state index >= 15 is 0 Å². The van der Waals surface area contributed by atoms with Crippen LogP contribution in [0.5, 0.6) is 0 Å². The van der Waals surface area contributed by atoms with Gasteiger partial charge in [-0.05, 0) is 37.6 Å². The Labute approximate surface area is 122 Å². The standard InChI is InChI=1S/C15H18F3N3/c1-2-21(13-5-6-13)8-7-20-12-4-3-11(10-19)14(9-12)15(16,17)18/h3-4,9,13,20H,2,5-8H2,1H3. The minimum Gasteiger partial charge on any atom is -0.384 e. The molecule has 0 amide bonds. The van der Waals surface area contributed by atoms with Crippen LogP contribution in [0.2, 0.25) is 0 Å². The molecule has 0 unspecified atom stereocenters. The summed E-state index contributed by atoms with van der Waals surface area (Å²) in [7, 11) is 0. The van der Waals surface area contributed by atoms with Crippen molar-refractivity contribution in [2.45, 2.75) is 32.0 Å². The van der Waals surface area contributed by atoms with Crippen LogP contribution in [0, 0.1) is 11.3 Å². The van der Waals surface area contributed by atoms with E-state index in [1.54, 1.807) is 6.07 Å². The van der Waals surface area contributed by atoms with E-state index in [1.807, 2.05) is 0 Å². The Hall–Kier alpha value is -1.74. The van der Waals surface area contributed by atoms with E-state index in [0.29, 0.717) is 18.3 Å². The lowest BCUT2D eigenvalue weighted by Crippen LogP contribution is -2.30. The molecule has 3 nitrogen and oxygen atoms in total. The lowest BCUT2D eigenvalue weighted by atomic mass is 10.1. The van der Waals surface area contributed by atoms with Gasteiger partial charge in [0, 0.05) is 24.8 Å². The molecule has 114 valence electrons. The number of likely N-dealkylation sites (N-methyl/N-ethyl adjacent to an activating group) is 1. The number of nitrogens with one attached hydrogen (secondary N) is 1. The molecule has 1 saturated carbocycles. The Balaban J connectivity index is 1.99. The first-order valence-corrected chi connectivity index (χ1v) is 7.05. The Kier molecular flexibility index (Phi) is 4.73. The maximum absolute atomic E-state index is 12.8. The molecule has 0 saturated heterocycles. The van der Waals surface area contributed by atoms with E-state index in [9.17, 15) is 13.2 Å². The average molecular weight is 297 g/mol. The highest BCUT2D eigenvalue weighted by Crippen LogP contribution is 2.33. The van der Waals surface area contributed by atoms with E-state index in [4.69, 9.17) is 5.26 Å². The van der Waals surface area contributed by atoms with Crippen LogP contribution in [0.3, 0.4) is 0 Å². The highest BCUT2D eigenvalue weighted by Gasteiger charge is 2.33. The Morgan fingerprint density at radius 2 is 2.10 bits per heavy atom. The van der Waals surface area contributed by atoms with Crippen molar-refractivity contribution in [3.8, 4) is 6.07 Å². The van der Waals surface area contributed by atoms with Gasteiger partial charge < -0.3 is 5.32 Å². The van der Waals surface area contributed by atoms with E-state index in [0.717, 1.165) is 19.2 Å². The maximum Gasteiger partial charge on any atom is 0.417 e. The minimum atomic E-state index is -4.51. The van der Waals surface area contributed by atoms with Crippen LogP contribution >= 0.6 is 0 Å². The molecule has 1 aromatic carbocycles. The number of nitriles is 1. The second-order valence-electron chi connectivity index (χ2n) is 5.16. The Bertz CT molecular complexity index is 530. The van der Waals surface area contributed by atoms with E-state index < -0.39 is 11.7 Å². The van der Waals surface area contributed by atoms with Crippen LogP contribution in [-0.2, 0) is 6.18 Å². The van der Waals surface area contributed by atoms with E-state index in [1.165, 1.54) is 25.0 Å². The fourth-order valence-corrected chi connectivity index (χ4v) is 2.37. The lowest BCUT2D eigenvalue weighted by Gasteiger charge is -2.20. The first-order valence-electron chi connectivity index (χ1n) is 7.05. The molecule has 1 aromatic rings. The number of halogens is 3. The van der Waals surface area contributed by atoms with Gasteiger partial charge in [0.15, 0.2) is 0 Å². The van der Waals surface area contributed by atoms with Crippen molar-refractivity contribution < 1.29 is 13.2 Å². The summed E-state index contributed by atoms with van der Waals surface area (Å²) < 4.78 is 38.5. The summed E-state index contributed by atoms with van der Waals surface area (Å²) in [5.41, 5.74) is -0.834. The van der Waals surface area contributed by atoms with Crippen molar-refractivity contribution >= 4 is 5.69 Å². The second kappa shape index (κ2) is 6.35. The third kappa shape index (κ3) is 4.11. The number of anilines is 1. The molecule has 0 spiro atoms. The van der Waals surface area contributed by atoms with Gasteiger partial charge in [-0.1, -0.05) is 6.92 Å². The van der Waals surface area contributed by atoms with Crippen LogP contribution in [0.4, 0.5) is 18.9 Å². The molecular formula is C15H18F3N3. The molecule has 0 radical (unpaired) electrons. The molecular weight excluding hydrogens is 279 g/mol. The molecule has 0 aromatic heterocycles. The number of rotatable bonds is 6. The van der Waals surface area contributed by atoms with Gasteiger partial charge in [0.05, 0.1) is 17.2 Å². The van der Waals surface area contributed by atoms with Crippen LogP contribution < -0.4 is 5.32 Å². The molecule has 2 rings (SSSR count). The molecule has 1 N–H and O–H groups in total. The normalized spacial score (nSPS) is 15.0. The topological polar surface area (TPSA) is 39.1 Å². The van der Waals surface area contributed by atoms with E-state index in [-0.39, 0.29) is 5.56 Å². The zero-order chi connectivity index (χ0) is 15.5. The highest BCUT2D eigenvalue weighted by atomic mass is 19.4. The summed E-state index contributed by atoms with van der Waals surface area (Å²) in [4.78, 5) is 2.32. The monoisotopic (exact) mass is 297 g/mol. The quantitative estimate of drug-likeness (QED) is 0.874. The van der Waals surface area contributed by atoms with Gasteiger partial charge in [0.25, 0.3) is 0 Å². The van der Waals surface area contributed by atoms with Gasteiger partial charge in [-0.3, -0.25) is 4.90 Å². The van der Waals surface area contributed by atoms with Crippen LogP contribution in [0.15, 0.2) is 18.2 Å². The SMILES string of the molecule is CCN(CCNc1ccc(C#N)c(C(F)(F)F)c1)C1CC1. The number of hydrogen-bond donors (Lipinski definition) is 1. The number of benzene rings is 1. The Morgan fingerprint density at radius 1 is 1.38 bits per heavy atom. The van der Waals surface area contributed by atoms with Gasteiger partial charge >= 0.3 is 6.18 Å². The number of nitrogens with zero attached hydrogens (tertiary/aromatic N) is 2. The predicted octanol–water partition coefficient (Wildman–Crippen LogP) is 3.47. The summed E-state index contributed by atoms with van der Waals surface area (Å²) in [6, 6.07) is 5.96. The molecule has 1 aliphatic rings. The number of hydrogen-bond acceptors (Lipinski definition) is 3. The fraction of sp³-hybridized carbons (Fsp3) is 0.533. The Morgan fingerprint density at radius 3 is 2.62 bits per heavy atom. The van der Waals surface area contributed by atoms with Crippen molar-refractivity contribution in [3.05, 3.63) is 29.3 Å². The van der Waals surface area contributed by atoms with Crippen LogP contribution in [0.1, 0.15) is 30.9 Å². The van der Waals surface area contributed by atoms with Gasteiger partial charge in [0.1, 0.15) is 0 Å². The maximum atomic E-state index is 12.8. The first kappa shape index (κ1) is 15.6. The zero-order valence-electron chi connectivity index (χ0n) is 11.9. The van der Waals surface area contributed by atoms with Crippen molar-refractivity contribution in [1.82, 2.24) is 4.90 Å². The molecule has 0 bridgehead atoms. The van der Waals surface area contributed by atoms with Crippen molar-refractivity contribution in [3.63, 3.8) is 0 Å². The van der Waals surface area contributed by atoms with Gasteiger partial charge in [-0.25, -0.2) is 0 Å². The molecule has 21 heavy (non-hydrogen) atoms. The van der Waals surface area contributed by atoms with Crippen molar-refractivity contribution in [2.24, 2.45) is 0 Å². The summed E-state index contributed by atoms with van der Waals surface area (Å²) in [6.07, 6.45) is -2.09. The molecule has 1 aliphatic carbocycles. The molecule has 1 fully saturated rings. The zero-order valence-corrected chi connectivity index (χ0v) is 11.9. The third-order valence-electron chi connectivity index (χ3n) is 3.64.